The molecule has 1 fully saturated rings. The third-order valence-corrected chi connectivity index (χ3v) is 4.15. The Hall–Kier alpha value is -2.14. The Morgan fingerprint density at radius 1 is 1.41 bits per heavy atom. The van der Waals surface area contributed by atoms with Crippen LogP contribution in [0.15, 0.2) is 42.7 Å². The lowest BCUT2D eigenvalue weighted by atomic mass is 9.95. The Kier molecular flexibility index (Phi) is 4.53. The highest BCUT2D eigenvalue weighted by Gasteiger charge is 2.22. The maximum Gasteiger partial charge on any atom is 0.224 e. The molecule has 1 amide bonds. The summed E-state index contributed by atoms with van der Waals surface area (Å²) < 4.78 is 1.80. The van der Waals surface area contributed by atoms with E-state index in [2.05, 4.69) is 22.7 Å². The van der Waals surface area contributed by atoms with Gasteiger partial charge in [0.2, 0.25) is 5.91 Å². The van der Waals surface area contributed by atoms with Crippen molar-refractivity contribution in [2.75, 3.05) is 13.1 Å². The molecule has 2 aromatic rings. The first-order valence-corrected chi connectivity index (χ1v) is 7.81. The minimum Gasteiger partial charge on any atom is -0.353 e. The van der Waals surface area contributed by atoms with Gasteiger partial charge in [-0.15, -0.1) is 0 Å². The van der Waals surface area contributed by atoms with Gasteiger partial charge in [-0.3, -0.25) is 4.79 Å². The lowest BCUT2D eigenvalue weighted by Gasteiger charge is -2.30. The van der Waals surface area contributed by atoms with Gasteiger partial charge in [0, 0.05) is 12.2 Å². The Morgan fingerprint density at radius 3 is 3.00 bits per heavy atom. The van der Waals surface area contributed by atoms with E-state index < -0.39 is 0 Å². The van der Waals surface area contributed by atoms with Crippen LogP contribution in [0.2, 0.25) is 0 Å². The number of carbonyl (C=O) groups is 1. The summed E-state index contributed by atoms with van der Waals surface area (Å²) in [7, 11) is 0. The zero-order chi connectivity index (χ0) is 15.4. The molecular formula is C17H22N4O. The normalized spacial score (nSPS) is 21.5. The molecule has 2 heterocycles. The largest absolute Gasteiger partial charge is 0.353 e. The Bertz CT molecular complexity index is 623. The Balaban J connectivity index is 1.59. The quantitative estimate of drug-likeness (QED) is 0.900. The Labute approximate surface area is 130 Å². The Morgan fingerprint density at radius 2 is 2.23 bits per heavy atom. The SMILES string of the molecule is CC1CNCCC1NC(=O)Cc1cnn(-c2ccccc2)c1. The molecule has 0 aliphatic carbocycles. The smallest absolute Gasteiger partial charge is 0.224 e. The van der Waals surface area contributed by atoms with E-state index in [1.807, 2.05) is 36.5 Å². The standard InChI is InChI=1S/C17H22N4O/c1-13-10-18-8-7-16(13)20-17(22)9-14-11-19-21(12-14)15-5-3-2-4-6-15/h2-6,11-13,16,18H,7-10H2,1H3,(H,20,22). The summed E-state index contributed by atoms with van der Waals surface area (Å²) in [5, 5.41) is 10.8. The van der Waals surface area contributed by atoms with Crippen LogP contribution in [0.25, 0.3) is 5.69 Å². The van der Waals surface area contributed by atoms with E-state index in [4.69, 9.17) is 0 Å². The van der Waals surface area contributed by atoms with Gasteiger partial charge in [0.15, 0.2) is 0 Å². The van der Waals surface area contributed by atoms with Gasteiger partial charge in [-0.25, -0.2) is 4.68 Å². The number of benzene rings is 1. The van der Waals surface area contributed by atoms with Crippen molar-refractivity contribution >= 4 is 5.91 Å². The molecule has 116 valence electrons. The fraction of sp³-hybridized carbons (Fsp3) is 0.412. The van der Waals surface area contributed by atoms with Crippen molar-refractivity contribution in [3.05, 3.63) is 48.3 Å². The number of nitrogens with zero attached hydrogens (tertiary/aromatic N) is 2. The van der Waals surface area contributed by atoms with Gasteiger partial charge in [-0.05, 0) is 43.1 Å². The molecule has 1 aliphatic heterocycles. The molecular weight excluding hydrogens is 276 g/mol. The number of rotatable bonds is 4. The molecule has 2 N–H and O–H groups in total. The number of piperidine rings is 1. The number of para-hydroxylation sites is 1. The zero-order valence-corrected chi connectivity index (χ0v) is 12.8. The first-order chi connectivity index (χ1) is 10.7. The number of nitrogens with one attached hydrogen (secondary N) is 2. The molecule has 5 heteroatoms. The van der Waals surface area contributed by atoms with E-state index in [-0.39, 0.29) is 11.9 Å². The average molecular weight is 298 g/mol. The van der Waals surface area contributed by atoms with Crippen molar-refractivity contribution in [1.82, 2.24) is 20.4 Å². The van der Waals surface area contributed by atoms with Crippen LogP contribution in [-0.4, -0.2) is 34.8 Å². The predicted molar refractivity (Wildman–Crippen MR) is 85.8 cm³/mol. The molecule has 5 nitrogen and oxygen atoms in total. The van der Waals surface area contributed by atoms with Crippen LogP contribution in [0.5, 0.6) is 0 Å². The molecule has 22 heavy (non-hydrogen) atoms. The van der Waals surface area contributed by atoms with Gasteiger partial charge in [0.1, 0.15) is 0 Å². The van der Waals surface area contributed by atoms with Crippen LogP contribution >= 0.6 is 0 Å². The monoisotopic (exact) mass is 298 g/mol. The number of carbonyl (C=O) groups excluding carboxylic acids is 1. The van der Waals surface area contributed by atoms with Crippen molar-refractivity contribution in [2.24, 2.45) is 5.92 Å². The summed E-state index contributed by atoms with van der Waals surface area (Å²) in [6.45, 7) is 4.11. The summed E-state index contributed by atoms with van der Waals surface area (Å²) >= 11 is 0. The van der Waals surface area contributed by atoms with E-state index in [1.54, 1.807) is 10.9 Å². The van der Waals surface area contributed by atoms with E-state index in [9.17, 15) is 4.79 Å². The fourth-order valence-corrected chi connectivity index (χ4v) is 2.85. The molecule has 1 aromatic heterocycles. The summed E-state index contributed by atoms with van der Waals surface area (Å²) in [6, 6.07) is 10.2. The fourth-order valence-electron chi connectivity index (χ4n) is 2.85. The van der Waals surface area contributed by atoms with Crippen LogP contribution in [0.1, 0.15) is 18.9 Å². The van der Waals surface area contributed by atoms with E-state index in [1.165, 1.54) is 0 Å². The van der Waals surface area contributed by atoms with Crippen molar-refractivity contribution < 1.29 is 4.79 Å². The van der Waals surface area contributed by atoms with E-state index >= 15 is 0 Å². The molecule has 0 radical (unpaired) electrons. The molecule has 2 atom stereocenters. The first kappa shape index (κ1) is 14.8. The summed E-state index contributed by atoms with van der Waals surface area (Å²) in [6.07, 6.45) is 5.05. The summed E-state index contributed by atoms with van der Waals surface area (Å²) in [5.41, 5.74) is 1.93. The minimum absolute atomic E-state index is 0.0753. The molecule has 2 unspecified atom stereocenters. The lowest BCUT2D eigenvalue weighted by Crippen LogP contribution is -2.48. The number of hydrogen-bond acceptors (Lipinski definition) is 3. The highest BCUT2D eigenvalue weighted by atomic mass is 16.1. The van der Waals surface area contributed by atoms with E-state index in [0.717, 1.165) is 30.8 Å². The summed E-state index contributed by atoms with van der Waals surface area (Å²) in [5.74, 6) is 0.552. The van der Waals surface area contributed by atoms with Gasteiger partial charge in [0.25, 0.3) is 0 Å². The zero-order valence-electron chi connectivity index (χ0n) is 12.8. The third-order valence-electron chi connectivity index (χ3n) is 4.15. The van der Waals surface area contributed by atoms with Crippen LogP contribution in [0.4, 0.5) is 0 Å². The van der Waals surface area contributed by atoms with Crippen LogP contribution in [0, 0.1) is 5.92 Å². The molecule has 1 aromatic carbocycles. The highest BCUT2D eigenvalue weighted by Crippen LogP contribution is 2.11. The molecule has 1 aliphatic rings. The summed E-state index contributed by atoms with van der Waals surface area (Å²) in [4.78, 5) is 12.2. The topological polar surface area (TPSA) is 58.9 Å². The van der Waals surface area contributed by atoms with Crippen LogP contribution in [-0.2, 0) is 11.2 Å². The molecule has 1 saturated heterocycles. The molecule has 0 bridgehead atoms. The first-order valence-electron chi connectivity index (χ1n) is 7.81. The van der Waals surface area contributed by atoms with Gasteiger partial charge in [0.05, 0.1) is 18.3 Å². The van der Waals surface area contributed by atoms with E-state index in [0.29, 0.717) is 12.3 Å². The predicted octanol–water partition coefficient (Wildman–Crippen LogP) is 1.53. The van der Waals surface area contributed by atoms with Crippen molar-refractivity contribution in [3.63, 3.8) is 0 Å². The van der Waals surface area contributed by atoms with Crippen molar-refractivity contribution in [3.8, 4) is 5.69 Å². The number of aromatic nitrogens is 2. The average Bonchev–Trinajstić information content (AvgIpc) is 2.99. The highest BCUT2D eigenvalue weighted by molar-refractivity contribution is 5.78. The second-order valence-corrected chi connectivity index (χ2v) is 5.95. The van der Waals surface area contributed by atoms with Gasteiger partial charge in [-0.2, -0.15) is 5.10 Å². The minimum atomic E-state index is 0.0753. The number of amides is 1. The van der Waals surface area contributed by atoms with Crippen molar-refractivity contribution in [1.29, 1.82) is 0 Å². The van der Waals surface area contributed by atoms with Crippen LogP contribution < -0.4 is 10.6 Å². The molecule has 0 saturated carbocycles. The number of hydrogen-bond donors (Lipinski definition) is 2. The van der Waals surface area contributed by atoms with Crippen molar-refractivity contribution in [2.45, 2.75) is 25.8 Å². The molecule has 3 rings (SSSR count). The third kappa shape index (κ3) is 3.54. The van der Waals surface area contributed by atoms with Gasteiger partial charge >= 0.3 is 0 Å². The molecule has 0 spiro atoms. The second-order valence-electron chi connectivity index (χ2n) is 5.95. The van der Waals surface area contributed by atoms with Gasteiger partial charge < -0.3 is 10.6 Å². The van der Waals surface area contributed by atoms with Crippen LogP contribution in [0.3, 0.4) is 0 Å². The second kappa shape index (κ2) is 6.75. The maximum atomic E-state index is 12.2. The lowest BCUT2D eigenvalue weighted by molar-refractivity contribution is -0.121. The maximum absolute atomic E-state index is 12.2. The van der Waals surface area contributed by atoms with Gasteiger partial charge in [-0.1, -0.05) is 25.1 Å².